The van der Waals surface area contributed by atoms with Gasteiger partial charge in [0.25, 0.3) is 11.8 Å². The van der Waals surface area contributed by atoms with Crippen LogP contribution in [0.25, 0.3) is 0 Å². The molecular formula is C19H18N4O3S. The summed E-state index contributed by atoms with van der Waals surface area (Å²) in [6, 6.07) is 7.06. The Labute approximate surface area is 159 Å². The quantitative estimate of drug-likeness (QED) is 0.698. The highest BCUT2D eigenvalue weighted by molar-refractivity contribution is 7.09. The van der Waals surface area contributed by atoms with Gasteiger partial charge in [-0.25, -0.2) is 4.98 Å². The van der Waals surface area contributed by atoms with Crippen molar-refractivity contribution in [2.75, 3.05) is 13.1 Å². The first kappa shape index (κ1) is 16.3. The smallest absolute Gasteiger partial charge is 0.289 e. The Bertz CT molecular complexity index is 1010. The molecule has 0 aromatic carbocycles. The van der Waals surface area contributed by atoms with Gasteiger partial charge in [0.05, 0.1) is 35.6 Å². The standard InChI is InChI=1S/C19H18N4O3S/c1-12-20-13(11-27-12)8-23-16-10-21(19(25)17-5-3-7-26-17)9-15(16)22-6-2-4-14(22)18(23)24/h2-7,11,15-16H,8-10H2,1H3. The largest absolute Gasteiger partial charge is 0.459 e. The maximum absolute atomic E-state index is 13.1. The number of fused-ring (bicyclic) bond motifs is 3. The molecule has 2 amide bonds. The number of hydrogen-bond acceptors (Lipinski definition) is 5. The van der Waals surface area contributed by atoms with Gasteiger partial charge in [-0.05, 0) is 31.2 Å². The van der Waals surface area contributed by atoms with E-state index in [1.54, 1.807) is 28.4 Å². The molecule has 3 aromatic heterocycles. The Morgan fingerprint density at radius 2 is 2.15 bits per heavy atom. The van der Waals surface area contributed by atoms with Crippen LogP contribution in [0.4, 0.5) is 0 Å². The van der Waals surface area contributed by atoms with Crippen LogP contribution in [0.1, 0.15) is 37.8 Å². The van der Waals surface area contributed by atoms with Gasteiger partial charge in [-0.15, -0.1) is 11.3 Å². The molecule has 0 aliphatic carbocycles. The summed E-state index contributed by atoms with van der Waals surface area (Å²) in [5.74, 6) is 0.175. The molecule has 7 nitrogen and oxygen atoms in total. The zero-order valence-electron chi connectivity index (χ0n) is 14.7. The van der Waals surface area contributed by atoms with Gasteiger partial charge in [-0.2, -0.15) is 0 Å². The molecule has 27 heavy (non-hydrogen) atoms. The molecule has 0 bridgehead atoms. The van der Waals surface area contributed by atoms with Gasteiger partial charge in [0.2, 0.25) is 0 Å². The molecule has 1 saturated heterocycles. The van der Waals surface area contributed by atoms with E-state index in [2.05, 4.69) is 4.98 Å². The first-order chi connectivity index (χ1) is 13.1. The van der Waals surface area contributed by atoms with Crippen molar-refractivity contribution in [2.45, 2.75) is 25.6 Å². The van der Waals surface area contributed by atoms with Gasteiger partial charge >= 0.3 is 0 Å². The van der Waals surface area contributed by atoms with Gasteiger partial charge in [-0.3, -0.25) is 9.59 Å². The number of thiazole rings is 1. The number of likely N-dealkylation sites (tertiary alicyclic amines) is 1. The molecule has 0 spiro atoms. The number of rotatable bonds is 3. The number of hydrogen-bond donors (Lipinski definition) is 0. The van der Waals surface area contributed by atoms with E-state index >= 15 is 0 Å². The average molecular weight is 382 g/mol. The van der Waals surface area contributed by atoms with Gasteiger partial charge in [0.1, 0.15) is 5.69 Å². The van der Waals surface area contributed by atoms with Crippen molar-refractivity contribution in [2.24, 2.45) is 0 Å². The summed E-state index contributed by atoms with van der Waals surface area (Å²) < 4.78 is 7.28. The maximum Gasteiger partial charge on any atom is 0.289 e. The van der Waals surface area contributed by atoms with Crippen LogP contribution in [-0.2, 0) is 6.54 Å². The number of nitrogens with zero attached hydrogens (tertiary/aromatic N) is 4. The third kappa shape index (κ3) is 2.59. The zero-order valence-corrected chi connectivity index (χ0v) is 15.6. The normalized spacial score (nSPS) is 21.4. The second kappa shape index (κ2) is 6.09. The van der Waals surface area contributed by atoms with E-state index in [-0.39, 0.29) is 23.9 Å². The SMILES string of the molecule is Cc1nc(CN2C(=O)c3cccn3C3CN(C(=O)c4ccco4)CC32)cs1. The van der Waals surface area contributed by atoms with Crippen LogP contribution in [0.15, 0.2) is 46.5 Å². The molecule has 2 unspecified atom stereocenters. The lowest BCUT2D eigenvalue weighted by Gasteiger charge is -2.37. The number of aromatic nitrogens is 2. The number of furan rings is 1. The van der Waals surface area contributed by atoms with Crippen LogP contribution in [0.3, 0.4) is 0 Å². The highest BCUT2D eigenvalue weighted by Gasteiger charge is 2.46. The molecule has 138 valence electrons. The van der Waals surface area contributed by atoms with Gasteiger partial charge in [0.15, 0.2) is 5.76 Å². The van der Waals surface area contributed by atoms with Crippen molar-refractivity contribution in [1.29, 1.82) is 0 Å². The van der Waals surface area contributed by atoms with Gasteiger partial charge < -0.3 is 18.8 Å². The van der Waals surface area contributed by atoms with Gasteiger partial charge in [0, 0.05) is 24.7 Å². The van der Waals surface area contributed by atoms with Crippen LogP contribution < -0.4 is 0 Å². The molecular weight excluding hydrogens is 364 g/mol. The summed E-state index contributed by atoms with van der Waals surface area (Å²) in [6.45, 7) is 3.44. The number of carbonyl (C=O) groups excluding carboxylic acids is 2. The van der Waals surface area contributed by atoms with Crippen LogP contribution in [0.5, 0.6) is 0 Å². The third-order valence-electron chi connectivity index (χ3n) is 5.29. The summed E-state index contributed by atoms with van der Waals surface area (Å²) in [5.41, 5.74) is 1.55. The van der Waals surface area contributed by atoms with E-state index in [0.717, 1.165) is 10.7 Å². The first-order valence-electron chi connectivity index (χ1n) is 8.83. The summed E-state index contributed by atoms with van der Waals surface area (Å²) in [6.07, 6.45) is 3.43. The number of amides is 2. The van der Waals surface area contributed by atoms with Crippen molar-refractivity contribution in [3.63, 3.8) is 0 Å². The van der Waals surface area contributed by atoms with Crippen molar-refractivity contribution < 1.29 is 14.0 Å². The molecule has 2 atom stereocenters. The van der Waals surface area contributed by atoms with E-state index in [9.17, 15) is 9.59 Å². The fourth-order valence-corrected chi connectivity index (χ4v) is 4.68. The zero-order chi connectivity index (χ0) is 18.5. The maximum atomic E-state index is 13.1. The lowest BCUT2D eigenvalue weighted by Crippen LogP contribution is -2.49. The van der Waals surface area contributed by atoms with Crippen LogP contribution in [-0.4, -0.2) is 50.3 Å². The monoisotopic (exact) mass is 382 g/mol. The van der Waals surface area contributed by atoms with Crippen LogP contribution in [0.2, 0.25) is 0 Å². The van der Waals surface area contributed by atoms with E-state index in [1.807, 2.05) is 40.1 Å². The molecule has 5 rings (SSSR count). The predicted octanol–water partition coefficient (Wildman–Crippen LogP) is 2.57. The third-order valence-corrected chi connectivity index (χ3v) is 6.12. The molecule has 0 N–H and O–H groups in total. The Morgan fingerprint density at radius 3 is 2.89 bits per heavy atom. The number of carbonyl (C=O) groups is 2. The first-order valence-corrected chi connectivity index (χ1v) is 9.71. The van der Waals surface area contributed by atoms with Gasteiger partial charge in [-0.1, -0.05) is 0 Å². The Hall–Kier alpha value is -2.87. The highest BCUT2D eigenvalue weighted by atomic mass is 32.1. The summed E-state index contributed by atoms with van der Waals surface area (Å²) in [5, 5.41) is 2.97. The van der Waals surface area contributed by atoms with E-state index in [1.165, 1.54) is 6.26 Å². The molecule has 0 radical (unpaired) electrons. The van der Waals surface area contributed by atoms with Crippen LogP contribution >= 0.6 is 11.3 Å². The summed E-state index contributed by atoms with van der Waals surface area (Å²) >= 11 is 1.58. The molecule has 8 heteroatoms. The molecule has 2 aliphatic heterocycles. The minimum Gasteiger partial charge on any atom is -0.459 e. The molecule has 5 heterocycles. The fourth-order valence-electron chi connectivity index (χ4n) is 4.08. The van der Waals surface area contributed by atoms with Crippen molar-refractivity contribution >= 4 is 23.2 Å². The van der Waals surface area contributed by atoms with E-state index < -0.39 is 0 Å². The van der Waals surface area contributed by atoms with Crippen molar-refractivity contribution in [1.82, 2.24) is 19.4 Å². The van der Waals surface area contributed by atoms with E-state index in [0.29, 0.717) is 31.1 Å². The molecule has 2 aliphatic rings. The topological polar surface area (TPSA) is 71.6 Å². The van der Waals surface area contributed by atoms with Crippen LogP contribution in [0, 0.1) is 6.92 Å². The fraction of sp³-hybridized carbons (Fsp3) is 0.316. The summed E-state index contributed by atoms with van der Waals surface area (Å²) in [7, 11) is 0. The molecule has 1 fully saturated rings. The Balaban J connectivity index is 1.48. The lowest BCUT2D eigenvalue weighted by molar-refractivity contribution is 0.0546. The highest BCUT2D eigenvalue weighted by Crippen LogP contribution is 2.35. The average Bonchev–Trinajstić information content (AvgIpc) is 3.44. The molecule has 3 aromatic rings. The lowest BCUT2D eigenvalue weighted by atomic mass is 10.1. The minimum absolute atomic E-state index is 0.0146. The summed E-state index contributed by atoms with van der Waals surface area (Å²) in [4.78, 5) is 34.0. The second-order valence-electron chi connectivity index (χ2n) is 6.91. The number of aryl methyl sites for hydroxylation is 1. The minimum atomic E-state index is -0.139. The Morgan fingerprint density at radius 1 is 1.30 bits per heavy atom. The van der Waals surface area contributed by atoms with Crippen molar-refractivity contribution in [3.05, 3.63) is 64.3 Å². The van der Waals surface area contributed by atoms with E-state index in [4.69, 9.17) is 4.42 Å². The molecule has 0 saturated carbocycles. The second-order valence-corrected chi connectivity index (χ2v) is 7.98. The Kier molecular flexibility index (Phi) is 3.68. The predicted molar refractivity (Wildman–Crippen MR) is 98.6 cm³/mol. The van der Waals surface area contributed by atoms with Crippen molar-refractivity contribution in [3.8, 4) is 0 Å².